The molecule has 1 unspecified atom stereocenters. The molecule has 2 rings (SSSR count). The van der Waals surface area contributed by atoms with Crippen molar-refractivity contribution in [2.45, 2.75) is 19.4 Å². The number of hydrogen-bond donors (Lipinski definition) is 2. The summed E-state index contributed by atoms with van der Waals surface area (Å²) in [6.45, 7) is 1.82. The first-order valence-corrected chi connectivity index (χ1v) is 7.37. The van der Waals surface area contributed by atoms with E-state index in [2.05, 4.69) is 20.0 Å². The van der Waals surface area contributed by atoms with E-state index in [0.717, 1.165) is 11.3 Å². The van der Waals surface area contributed by atoms with Crippen LogP contribution < -0.4 is 11.1 Å². The van der Waals surface area contributed by atoms with Gasteiger partial charge in [0, 0.05) is 24.0 Å². The van der Waals surface area contributed by atoms with Crippen molar-refractivity contribution in [3.63, 3.8) is 0 Å². The number of pyridine rings is 1. The van der Waals surface area contributed by atoms with E-state index in [4.69, 9.17) is 5.73 Å². The molecule has 7 nitrogen and oxygen atoms in total. The molecule has 116 valence electrons. The molecular weight excluding hydrogens is 304 g/mol. The Morgan fingerprint density at radius 2 is 2.27 bits per heavy atom. The van der Waals surface area contributed by atoms with Crippen LogP contribution in [0.5, 0.6) is 0 Å². The molecule has 2 aromatic rings. The van der Waals surface area contributed by atoms with E-state index >= 15 is 0 Å². The van der Waals surface area contributed by atoms with Gasteiger partial charge >= 0.3 is 5.97 Å². The maximum Gasteiger partial charge on any atom is 0.307 e. The summed E-state index contributed by atoms with van der Waals surface area (Å²) >= 11 is 1.15. The molecule has 0 aliphatic carbocycles. The SMILES string of the molecule is COC(=O)CC(C)Nc1nc(N)c(C(=O)c2cccnc2)s1. The molecule has 3 N–H and O–H groups in total. The van der Waals surface area contributed by atoms with E-state index in [0.29, 0.717) is 15.6 Å². The quantitative estimate of drug-likeness (QED) is 0.616. The third kappa shape index (κ3) is 3.79. The number of rotatable bonds is 6. The summed E-state index contributed by atoms with van der Waals surface area (Å²) in [5.41, 5.74) is 6.26. The summed E-state index contributed by atoms with van der Waals surface area (Å²) in [4.78, 5) is 31.9. The normalized spacial score (nSPS) is 11.7. The standard InChI is InChI=1S/C14H16N4O3S/c1-8(6-10(19)21-2)17-14-18-13(15)12(22-14)11(20)9-4-3-5-16-7-9/h3-5,7-8H,6,15H2,1-2H3,(H,17,18). The molecule has 0 aliphatic rings. The van der Waals surface area contributed by atoms with Crippen LogP contribution in [0.2, 0.25) is 0 Å². The van der Waals surface area contributed by atoms with Gasteiger partial charge < -0.3 is 15.8 Å². The lowest BCUT2D eigenvalue weighted by Crippen LogP contribution is -2.20. The molecule has 0 saturated carbocycles. The highest BCUT2D eigenvalue weighted by atomic mass is 32.1. The van der Waals surface area contributed by atoms with E-state index in [1.54, 1.807) is 18.3 Å². The number of ether oxygens (including phenoxy) is 1. The number of esters is 1. The molecule has 0 bridgehead atoms. The Labute approximate surface area is 131 Å². The van der Waals surface area contributed by atoms with Crippen molar-refractivity contribution in [2.75, 3.05) is 18.2 Å². The number of aromatic nitrogens is 2. The lowest BCUT2D eigenvalue weighted by atomic mass is 10.2. The summed E-state index contributed by atoms with van der Waals surface area (Å²) in [6.07, 6.45) is 3.27. The maximum atomic E-state index is 12.3. The Bertz CT molecular complexity index is 672. The molecule has 0 aromatic carbocycles. The average Bonchev–Trinajstić information content (AvgIpc) is 2.87. The van der Waals surface area contributed by atoms with Crippen LogP contribution in [0.1, 0.15) is 28.6 Å². The first-order valence-electron chi connectivity index (χ1n) is 6.55. The fraction of sp³-hybridized carbons (Fsp3) is 0.286. The van der Waals surface area contributed by atoms with Gasteiger partial charge in [-0.3, -0.25) is 14.6 Å². The number of methoxy groups -OCH3 is 1. The molecule has 0 aliphatic heterocycles. The monoisotopic (exact) mass is 320 g/mol. The van der Waals surface area contributed by atoms with Crippen LogP contribution >= 0.6 is 11.3 Å². The highest BCUT2D eigenvalue weighted by Crippen LogP contribution is 2.28. The number of carbonyl (C=O) groups is 2. The number of nitrogens with two attached hydrogens (primary N) is 1. The van der Waals surface area contributed by atoms with E-state index in [1.807, 2.05) is 6.92 Å². The van der Waals surface area contributed by atoms with Crippen LogP contribution in [-0.4, -0.2) is 34.9 Å². The average molecular weight is 320 g/mol. The smallest absolute Gasteiger partial charge is 0.307 e. The second-order valence-corrected chi connectivity index (χ2v) is 5.63. The lowest BCUT2D eigenvalue weighted by molar-refractivity contribution is -0.140. The zero-order chi connectivity index (χ0) is 16.1. The Morgan fingerprint density at radius 1 is 1.50 bits per heavy atom. The van der Waals surface area contributed by atoms with Crippen molar-refractivity contribution in [3.8, 4) is 0 Å². The highest BCUT2D eigenvalue weighted by molar-refractivity contribution is 7.18. The van der Waals surface area contributed by atoms with E-state index in [1.165, 1.54) is 13.3 Å². The van der Waals surface area contributed by atoms with Crippen molar-refractivity contribution < 1.29 is 14.3 Å². The zero-order valence-corrected chi connectivity index (χ0v) is 13.0. The minimum Gasteiger partial charge on any atom is -0.469 e. The number of nitrogens with one attached hydrogen (secondary N) is 1. The number of carbonyl (C=O) groups excluding carboxylic acids is 2. The summed E-state index contributed by atoms with van der Waals surface area (Å²) in [5, 5.41) is 3.52. The topological polar surface area (TPSA) is 107 Å². The Kier molecular flexibility index (Phi) is 5.05. The molecule has 1 atom stereocenters. The molecule has 0 amide bonds. The van der Waals surface area contributed by atoms with Crippen molar-refractivity contribution in [2.24, 2.45) is 0 Å². The maximum absolute atomic E-state index is 12.3. The number of ketones is 1. The molecule has 8 heteroatoms. The largest absolute Gasteiger partial charge is 0.469 e. The van der Waals surface area contributed by atoms with Gasteiger partial charge in [-0.1, -0.05) is 11.3 Å². The Morgan fingerprint density at radius 3 is 2.91 bits per heavy atom. The predicted octanol–water partition coefficient (Wildman–Crippen LogP) is 1.71. The van der Waals surface area contributed by atoms with Gasteiger partial charge in [-0.15, -0.1) is 0 Å². The van der Waals surface area contributed by atoms with Crippen LogP contribution in [0.15, 0.2) is 24.5 Å². The fourth-order valence-corrected chi connectivity index (χ4v) is 2.74. The third-order valence-corrected chi connectivity index (χ3v) is 3.85. The number of thiazole rings is 1. The van der Waals surface area contributed by atoms with Gasteiger partial charge in [0.1, 0.15) is 10.7 Å². The van der Waals surface area contributed by atoms with E-state index < -0.39 is 0 Å². The highest BCUT2D eigenvalue weighted by Gasteiger charge is 2.19. The molecule has 0 saturated heterocycles. The van der Waals surface area contributed by atoms with Crippen molar-refractivity contribution >= 4 is 34.0 Å². The van der Waals surface area contributed by atoms with Crippen LogP contribution in [0.3, 0.4) is 0 Å². The van der Waals surface area contributed by atoms with Crippen LogP contribution in [-0.2, 0) is 9.53 Å². The zero-order valence-electron chi connectivity index (χ0n) is 12.2. The Balaban J connectivity index is 2.11. The van der Waals surface area contributed by atoms with Gasteiger partial charge in [-0.05, 0) is 19.1 Å². The summed E-state index contributed by atoms with van der Waals surface area (Å²) in [7, 11) is 1.33. The lowest BCUT2D eigenvalue weighted by Gasteiger charge is -2.10. The second-order valence-electron chi connectivity index (χ2n) is 4.63. The fourth-order valence-electron chi connectivity index (χ4n) is 1.78. The summed E-state index contributed by atoms with van der Waals surface area (Å²) in [6, 6.07) is 3.17. The van der Waals surface area contributed by atoms with E-state index in [9.17, 15) is 9.59 Å². The van der Waals surface area contributed by atoms with Crippen molar-refractivity contribution in [1.82, 2.24) is 9.97 Å². The number of nitrogens with zero attached hydrogens (tertiary/aromatic N) is 2. The summed E-state index contributed by atoms with van der Waals surface area (Å²) < 4.78 is 4.60. The van der Waals surface area contributed by atoms with Gasteiger partial charge in [0.25, 0.3) is 0 Å². The van der Waals surface area contributed by atoms with Gasteiger partial charge in [0.15, 0.2) is 5.13 Å². The van der Waals surface area contributed by atoms with Gasteiger partial charge in [0.2, 0.25) is 5.78 Å². The minimum absolute atomic E-state index is 0.159. The second kappa shape index (κ2) is 6.99. The van der Waals surface area contributed by atoms with Crippen LogP contribution in [0.25, 0.3) is 0 Å². The van der Waals surface area contributed by atoms with Gasteiger partial charge in [0.05, 0.1) is 13.5 Å². The molecule has 2 aromatic heterocycles. The Hall–Kier alpha value is -2.48. The van der Waals surface area contributed by atoms with Crippen molar-refractivity contribution in [1.29, 1.82) is 0 Å². The first-order chi connectivity index (χ1) is 10.5. The van der Waals surface area contributed by atoms with Crippen LogP contribution in [0.4, 0.5) is 10.9 Å². The number of hydrogen-bond acceptors (Lipinski definition) is 8. The molecule has 2 heterocycles. The molecule has 0 radical (unpaired) electrons. The van der Waals surface area contributed by atoms with Crippen LogP contribution in [0, 0.1) is 0 Å². The molecule has 22 heavy (non-hydrogen) atoms. The molecule has 0 fully saturated rings. The minimum atomic E-state index is -0.323. The van der Waals surface area contributed by atoms with E-state index in [-0.39, 0.29) is 30.0 Å². The molecule has 0 spiro atoms. The van der Waals surface area contributed by atoms with Gasteiger partial charge in [-0.2, -0.15) is 0 Å². The third-order valence-electron chi connectivity index (χ3n) is 2.85. The molecular formula is C14H16N4O3S. The summed E-state index contributed by atoms with van der Waals surface area (Å²) in [5.74, 6) is -0.389. The first kappa shape index (κ1) is 15.9. The number of anilines is 2. The predicted molar refractivity (Wildman–Crippen MR) is 83.9 cm³/mol. The number of nitrogen functional groups attached to an aromatic ring is 1. The van der Waals surface area contributed by atoms with Crippen molar-refractivity contribution in [3.05, 3.63) is 35.0 Å². The van der Waals surface area contributed by atoms with Gasteiger partial charge in [-0.25, -0.2) is 4.98 Å².